The second kappa shape index (κ2) is 9.31. The van der Waals surface area contributed by atoms with Gasteiger partial charge >= 0.3 is 0 Å². The van der Waals surface area contributed by atoms with E-state index in [1.54, 1.807) is 6.20 Å². The van der Waals surface area contributed by atoms with Crippen molar-refractivity contribution in [3.8, 4) is 17.1 Å². The van der Waals surface area contributed by atoms with Crippen LogP contribution in [0.2, 0.25) is 0 Å². The van der Waals surface area contributed by atoms with Crippen LogP contribution in [0.4, 0.5) is 5.82 Å². The largest absolute Gasteiger partial charge is 0.494 e. The van der Waals surface area contributed by atoms with Crippen LogP contribution >= 0.6 is 11.3 Å². The van der Waals surface area contributed by atoms with E-state index in [1.165, 1.54) is 34.2 Å². The molecule has 0 amide bonds. The molecule has 0 bridgehead atoms. The van der Waals surface area contributed by atoms with Crippen LogP contribution in [0.15, 0.2) is 48.8 Å². The van der Waals surface area contributed by atoms with E-state index in [0.717, 1.165) is 66.9 Å². The van der Waals surface area contributed by atoms with Gasteiger partial charge in [0.2, 0.25) is 0 Å². The van der Waals surface area contributed by atoms with Crippen molar-refractivity contribution < 1.29 is 4.74 Å². The fraction of sp³-hybridized carbons (Fsp3) is 0.370. The first kappa shape index (κ1) is 21.5. The van der Waals surface area contributed by atoms with Crippen LogP contribution in [0.1, 0.15) is 29.3 Å². The van der Waals surface area contributed by atoms with E-state index >= 15 is 0 Å². The topological polar surface area (TPSA) is 54.4 Å². The SMILES string of the molecule is CCOc1ccc(CN2CCN(c3nc(-c4cccnc4)nc4sc5c(c34)CCC5)CC2)cc1. The molecule has 1 fully saturated rings. The van der Waals surface area contributed by atoms with Crippen molar-refractivity contribution in [3.05, 3.63) is 64.8 Å². The molecule has 0 atom stereocenters. The summed E-state index contributed by atoms with van der Waals surface area (Å²) < 4.78 is 5.58. The first-order valence-corrected chi connectivity index (χ1v) is 13.0. The quantitative estimate of drug-likeness (QED) is 0.396. The molecule has 3 aromatic heterocycles. The summed E-state index contributed by atoms with van der Waals surface area (Å²) in [7, 11) is 0. The molecule has 4 aromatic rings. The van der Waals surface area contributed by atoms with Gasteiger partial charge in [0, 0.05) is 55.6 Å². The second-order valence-electron chi connectivity index (χ2n) is 8.99. The zero-order valence-electron chi connectivity index (χ0n) is 19.5. The number of rotatable bonds is 6. The summed E-state index contributed by atoms with van der Waals surface area (Å²) in [5, 5.41) is 1.30. The summed E-state index contributed by atoms with van der Waals surface area (Å²) in [6.07, 6.45) is 7.23. The second-order valence-corrected chi connectivity index (χ2v) is 10.1. The number of aryl methyl sites for hydroxylation is 2. The number of anilines is 1. The standard InChI is InChI=1S/C27H29N5OS/c1-2-33-21-10-8-19(9-11-21)18-31-13-15-32(16-14-31)26-24-22-6-3-7-23(22)34-27(24)30-25(29-26)20-5-4-12-28-17-20/h4-5,8-12,17H,2-3,6-7,13-16,18H2,1H3. The molecule has 1 aromatic carbocycles. The number of aromatic nitrogens is 3. The van der Waals surface area contributed by atoms with Crippen molar-refractivity contribution in [1.82, 2.24) is 19.9 Å². The average Bonchev–Trinajstić information content (AvgIpc) is 3.47. The molecule has 1 aliphatic carbocycles. The van der Waals surface area contributed by atoms with Gasteiger partial charge in [0.15, 0.2) is 5.82 Å². The number of nitrogens with zero attached hydrogens (tertiary/aromatic N) is 5. The van der Waals surface area contributed by atoms with Crippen molar-refractivity contribution in [1.29, 1.82) is 0 Å². The van der Waals surface area contributed by atoms with E-state index in [9.17, 15) is 0 Å². The molecule has 6 nitrogen and oxygen atoms in total. The van der Waals surface area contributed by atoms with Crippen LogP contribution in [0.25, 0.3) is 21.6 Å². The van der Waals surface area contributed by atoms with Gasteiger partial charge in [-0.2, -0.15) is 0 Å². The van der Waals surface area contributed by atoms with Gasteiger partial charge < -0.3 is 9.64 Å². The van der Waals surface area contributed by atoms with Gasteiger partial charge in [-0.1, -0.05) is 12.1 Å². The molecule has 1 saturated heterocycles. The summed E-state index contributed by atoms with van der Waals surface area (Å²) in [6.45, 7) is 7.67. The number of hydrogen-bond acceptors (Lipinski definition) is 7. The Morgan fingerprint density at radius 3 is 2.62 bits per heavy atom. The zero-order valence-corrected chi connectivity index (χ0v) is 20.4. The van der Waals surface area contributed by atoms with Crippen molar-refractivity contribution in [3.63, 3.8) is 0 Å². The molecular weight excluding hydrogens is 442 g/mol. The molecule has 174 valence electrons. The Bertz CT molecular complexity index is 1280. The highest BCUT2D eigenvalue weighted by Crippen LogP contribution is 2.41. The molecule has 4 heterocycles. The first-order valence-electron chi connectivity index (χ1n) is 12.2. The molecule has 0 N–H and O–H groups in total. The zero-order chi connectivity index (χ0) is 22.9. The maximum atomic E-state index is 5.58. The number of ether oxygens (including phenoxy) is 1. The van der Waals surface area contributed by atoms with Gasteiger partial charge in [0.05, 0.1) is 12.0 Å². The van der Waals surface area contributed by atoms with Crippen LogP contribution in [-0.2, 0) is 19.4 Å². The fourth-order valence-electron chi connectivity index (χ4n) is 5.06. The molecule has 2 aliphatic rings. The van der Waals surface area contributed by atoms with Crippen LogP contribution in [-0.4, -0.2) is 52.6 Å². The van der Waals surface area contributed by atoms with Crippen molar-refractivity contribution in [2.24, 2.45) is 0 Å². The minimum absolute atomic E-state index is 0.702. The van der Waals surface area contributed by atoms with Gasteiger partial charge in [0.25, 0.3) is 0 Å². The molecular formula is C27H29N5OS. The Hall–Kier alpha value is -3.03. The monoisotopic (exact) mass is 471 g/mol. The van der Waals surface area contributed by atoms with E-state index in [2.05, 4.69) is 39.0 Å². The Balaban J connectivity index is 1.24. The highest BCUT2D eigenvalue weighted by atomic mass is 32.1. The molecule has 7 heteroatoms. The van der Waals surface area contributed by atoms with Crippen LogP contribution in [0.5, 0.6) is 5.75 Å². The third-order valence-electron chi connectivity index (χ3n) is 6.78. The van der Waals surface area contributed by atoms with Gasteiger partial charge in [-0.05, 0) is 61.6 Å². The fourth-order valence-corrected chi connectivity index (χ4v) is 6.32. The Morgan fingerprint density at radius 2 is 1.85 bits per heavy atom. The Labute approximate surface area is 204 Å². The molecule has 6 rings (SSSR count). The average molecular weight is 472 g/mol. The minimum atomic E-state index is 0.702. The normalized spacial score (nSPS) is 16.2. The lowest BCUT2D eigenvalue weighted by Gasteiger charge is -2.36. The predicted octanol–water partition coefficient (Wildman–Crippen LogP) is 4.96. The summed E-state index contributed by atoms with van der Waals surface area (Å²) in [5.41, 5.74) is 3.80. The molecule has 1 aliphatic heterocycles. The van der Waals surface area contributed by atoms with Gasteiger partial charge in [-0.3, -0.25) is 9.88 Å². The summed E-state index contributed by atoms with van der Waals surface area (Å²) in [5.74, 6) is 2.84. The summed E-state index contributed by atoms with van der Waals surface area (Å²) in [6, 6.07) is 12.5. The molecule has 0 saturated carbocycles. The maximum Gasteiger partial charge on any atom is 0.164 e. The molecule has 0 spiro atoms. The molecule has 0 unspecified atom stereocenters. The minimum Gasteiger partial charge on any atom is -0.494 e. The van der Waals surface area contributed by atoms with Gasteiger partial charge in [-0.15, -0.1) is 11.3 Å². The lowest BCUT2D eigenvalue weighted by atomic mass is 10.1. The van der Waals surface area contributed by atoms with Crippen molar-refractivity contribution >= 4 is 27.4 Å². The lowest BCUT2D eigenvalue weighted by Crippen LogP contribution is -2.46. The number of piperazine rings is 1. The van der Waals surface area contributed by atoms with Crippen molar-refractivity contribution in [2.45, 2.75) is 32.7 Å². The van der Waals surface area contributed by atoms with Crippen LogP contribution < -0.4 is 9.64 Å². The maximum absolute atomic E-state index is 5.58. The first-order chi connectivity index (χ1) is 16.8. The number of fused-ring (bicyclic) bond motifs is 3. The molecule has 0 radical (unpaired) electrons. The van der Waals surface area contributed by atoms with Crippen LogP contribution in [0.3, 0.4) is 0 Å². The van der Waals surface area contributed by atoms with E-state index in [0.29, 0.717) is 6.61 Å². The van der Waals surface area contributed by atoms with E-state index in [1.807, 2.05) is 36.6 Å². The smallest absolute Gasteiger partial charge is 0.164 e. The highest BCUT2D eigenvalue weighted by molar-refractivity contribution is 7.19. The van der Waals surface area contributed by atoms with Crippen molar-refractivity contribution in [2.75, 3.05) is 37.7 Å². The van der Waals surface area contributed by atoms with Gasteiger partial charge in [0.1, 0.15) is 16.4 Å². The van der Waals surface area contributed by atoms with E-state index in [4.69, 9.17) is 14.7 Å². The third kappa shape index (κ3) is 4.14. The predicted molar refractivity (Wildman–Crippen MR) is 138 cm³/mol. The number of thiophene rings is 1. The van der Waals surface area contributed by atoms with Crippen LogP contribution in [0, 0.1) is 0 Å². The Morgan fingerprint density at radius 1 is 1.00 bits per heavy atom. The number of pyridine rings is 1. The van der Waals surface area contributed by atoms with E-state index < -0.39 is 0 Å². The lowest BCUT2D eigenvalue weighted by molar-refractivity contribution is 0.249. The summed E-state index contributed by atoms with van der Waals surface area (Å²) >= 11 is 1.86. The highest BCUT2D eigenvalue weighted by Gasteiger charge is 2.27. The number of benzene rings is 1. The van der Waals surface area contributed by atoms with Gasteiger partial charge in [-0.25, -0.2) is 9.97 Å². The van der Waals surface area contributed by atoms with E-state index in [-0.39, 0.29) is 0 Å². The Kier molecular flexibility index (Phi) is 5.89. The summed E-state index contributed by atoms with van der Waals surface area (Å²) in [4.78, 5) is 22.0. The number of hydrogen-bond donors (Lipinski definition) is 0. The molecule has 34 heavy (non-hydrogen) atoms. The third-order valence-corrected chi connectivity index (χ3v) is 7.96.